The molecule has 0 aliphatic heterocycles. The molecule has 1 rings (SSSR count). The van der Waals surface area contributed by atoms with Crippen LogP contribution in [0.5, 0.6) is 0 Å². The standard InChI is InChI=1S/C26H36F6N2O7/c1-15(33-16-8-9-17(25(27,28)29)18(12-16)26(30,31)32)14-34(20(35)13-22(38-5)39-6)19(23(37)40-7)10-11-21(36)41-24(2,3)4/h8-9,12,15,19,22,33H,10-11,13-14H2,1-7H3/t15-,19-/m0/s1. The zero-order chi connectivity index (χ0) is 31.8. The Balaban J connectivity index is 3.34. The fraction of sp³-hybridized carbons (Fsp3) is 0.654. The van der Waals surface area contributed by atoms with Crippen LogP contribution in [-0.4, -0.2) is 74.6 Å². The molecule has 41 heavy (non-hydrogen) atoms. The summed E-state index contributed by atoms with van der Waals surface area (Å²) in [4.78, 5) is 39.4. The average Bonchev–Trinajstić information content (AvgIpc) is 2.83. The van der Waals surface area contributed by atoms with E-state index in [2.05, 4.69) is 5.32 Å². The van der Waals surface area contributed by atoms with Gasteiger partial charge in [-0.25, -0.2) is 4.79 Å². The lowest BCUT2D eigenvalue weighted by molar-refractivity contribution is -0.162. The maximum atomic E-state index is 13.4. The number of esters is 2. The van der Waals surface area contributed by atoms with E-state index >= 15 is 0 Å². The van der Waals surface area contributed by atoms with Gasteiger partial charge in [0.05, 0.1) is 24.7 Å². The number of alkyl halides is 6. The number of rotatable bonds is 13. The van der Waals surface area contributed by atoms with Crippen molar-refractivity contribution in [2.45, 2.75) is 83.3 Å². The van der Waals surface area contributed by atoms with Crippen molar-refractivity contribution in [3.8, 4) is 0 Å². The molecule has 0 aliphatic rings. The lowest BCUT2D eigenvalue weighted by atomic mass is 10.0. The molecule has 1 amide bonds. The van der Waals surface area contributed by atoms with Crippen LogP contribution >= 0.6 is 0 Å². The Morgan fingerprint density at radius 1 is 0.927 bits per heavy atom. The number of nitrogens with one attached hydrogen (secondary N) is 1. The van der Waals surface area contributed by atoms with Crippen LogP contribution in [-0.2, 0) is 45.7 Å². The van der Waals surface area contributed by atoms with Crippen molar-refractivity contribution in [1.29, 1.82) is 0 Å². The highest BCUT2D eigenvalue weighted by atomic mass is 19.4. The van der Waals surface area contributed by atoms with Crippen LogP contribution in [0.2, 0.25) is 0 Å². The monoisotopic (exact) mass is 602 g/mol. The summed E-state index contributed by atoms with van der Waals surface area (Å²) in [6, 6.07) is -0.767. The molecule has 9 nitrogen and oxygen atoms in total. The Kier molecular flexibility index (Phi) is 12.9. The molecule has 0 aromatic heterocycles. The SMILES string of the molecule is COC(=O)[C@H](CCC(=O)OC(C)(C)C)N(C[C@H](C)Nc1ccc(C(F)(F)F)c(C(F)(F)F)c1)C(=O)CC(OC)OC. The minimum atomic E-state index is -5.29. The van der Waals surface area contributed by atoms with E-state index in [0.29, 0.717) is 12.1 Å². The van der Waals surface area contributed by atoms with Crippen LogP contribution < -0.4 is 5.32 Å². The summed E-state index contributed by atoms with van der Waals surface area (Å²) in [6.07, 6.45) is -12.4. The van der Waals surface area contributed by atoms with Gasteiger partial charge in [-0.1, -0.05) is 0 Å². The second-order valence-corrected chi connectivity index (χ2v) is 10.1. The number of amides is 1. The fourth-order valence-corrected chi connectivity index (χ4v) is 3.85. The highest BCUT2D eigenvalue weighted by Crippen LogP contribution is 2.41. The number of hydrogen-bond acceptors (Lipinski definition) is 8. The van der Waals surface area contributed by atoms with Crippen LogP contribution in [0, 0.1) is 0 Å². The first-order valence-electron chi connectivity index (χ1n) is 12.4. The molecule has 1 N–H and O–H groups in total. The number of benzene rings is 1. The van der Waals surface area contributed by atoms with Crippen molar-refractivity contribution in [1.82, 2.24) is 4.90 Å². The van der Waals surface area contributed by atoms with Crippen molar-refractivity contribution >= 4 is 23.5 Å². The normalized spacial score (nSPS) is 13.9. The van der Waals surface area contributed by atoms with Crippen molar-refractivity contribution in [2.24, 2.45) is 0 Å². The molecule has 0 bridgehead atoms. The van der Waals surface area contributed by atoms with E-state index in [1.54, 1.807) is 20.8 Å². The second-order valence-electron chi connectivity index (χ2n) is 10.1. The number of nitrogens with zero attached hydrogens (tertiary/aromatic N) is 1. The first-order chi connectivity index (χ1) is 18.7. The first-order valence-corrected chi connectivity index (χ1v) is 12.4. The average molecular weight is 603 g/mol. The molecule has 1 aromatic carbocycles. The highest BCUT2D eigenvalue weighted by molar-refractivity contribution is 5.85. The molecule has 0 spiro atoms. The van der Waals surface area contributed by atoms with E-state index in [1.165, 1.54) is 21.1 Å². The topological polar surface area (TPSA) is 103 Å². The van der Waals surface area contributed by atoms with Crippen molar-refractivity contribution in [3.05, 3.63) is 29.3 Å². The Morgan fingerprint density at radius 3 is 1.95 bits per heavy atom. The van der Waals surface area contributed by atoms with E-state index in [1.807, 2.05) is 0 Å². The summed E-state index contributed by atoms with van der Waals surface area (Å²) in [5, 5.41) is 2.64. The van der Waals surface area contributed by atoms with Gasteiger partial charge in [0.1, 0.15) is 11.6 Å². The molecule has 0 heterocycles. The van der Waals surface area contributed by atoms with E-state index < -0.39 is 65.3 Å². The third-order valence-electron chi connectivity index (χ3n) is 5.59. The third-order valence-corrected chi connectivity index (χ3v) is 5.59. The first kappa shape index (κ1) is 36.0. The van der Waals surface area contributed by atoms with Gasteiger partial charge in [-0.15, -0.1) is 0 Å². The number of methoxy groups -OCH3 is 3. The van der Waals surface area contributed by atoms with Crippen molar-refractivity contribution in [3.63, 3.8) is 0 Å². The predicted octanol–water partition coefficient (Wildman–Crippen LogP) is 5.03. The van der Waals surface area contributed by atoms with Crippen LogP contribution in [0.15, 0.2) is 18.2 Å². The minimum absolute atomic E-state index is 0.219. The summed E-state index contributed by atoms with van der Waals surface area (Å²) in [5.41, 5.74) is -4.85. The maximum absolute atomic E-state index is 13.4. The zero-order valence-corrected chi connectivity index (χ0v) is 23.9. The molecule has 2 atom stereocenters. The maximum Gasteiger partial charge on any atom is 0.417 e. The number of ether oxygens (including phenoxy) is 4. The molecule has 1 aromatic rings. The molecule has 0 radical (unpaired) electrons. The minimum Gasteiger partial charge on any atom is -0.467 e. The van der Waals surface area contributed by atoms with Crippen LogP contribution in [0.3, 0.4) is 0 Å². The van der Waals surface area contributed by atoms with E-state index in [-0.39, 0.29) is 31.5 Å². The van der Waals surface area contributed by atoms with Crippen molar-refractivity contribution in [2.75, 3.05) is 33.2 Å². The summed E-state index contributed by atoms with van der Waals surface area (Å²) in [5.74, 6) is -2.22. The Bertz CT molecular complexity index is 1040. The molecule has 0 unspecified atom stereocenters. The predicted molar refractivity (Wildman–Crippen MR) is 135 cm³/mol. The number of hydrogen-bond donors (Lipinski definition) is 1. The summed E-state index contributed by atoms with van der Waals surface area (Å²) >= 11 is 0. The zero-order valence-electron chi connectivity index (χ0n) is 23.9. The number of carbonyl (C=O) groups is 3. The van der Waals surface area contributed by atoms with Crippen LogP contribution in [0.25, 0.3) is 0 Å². The van der Waals surface area contributed by atoms with Gasteiger partial charge in [-0.05, 0) is 52.3 Å². The molecule has 0 fully saturated rings. The quantitative estimate of drug-likeness (QED) is 0.191. The van der Waals surface area contributed by atoms with E-state index in [0.717, 1.165) is 18.1 Å². The second kappa shape index (κ2) is 14.7. The third kappa shape index (κ3) is 11.7. The molecule has 0 saturated heterocycles. The van der Waals surface area contributed by atoms with Gasteiger partial charge in [0, 0.05) is 38.9 Å². The molecule has 0 aliphatic carbocycles. The molecule has 234 valence electrons. The lowest BCUT2D eigenvalue weighted by Crippen LogP contribution is -2.50. The Hall–Kier alpha value is -3.07. The molecule has 0 saturated carbocycles. The number of anilines is 1. The Morgan fingerprint density at radius 2 is 1.49 bits per heavy atom. The van der Waals surface area contributed by atoms with Gasteiger partial charge in [-0.2, -0.15) is 26.3 Å². The van der Waals surface area contributed by atoms with Crippen LogP contribution in [0.1, 0.15) is 58.1 Å². The van der Waals surface area contributed by atoms with Gasteiger partial charge in [0.15, 0.2) is 6.29 Å². The fourth-order valence-electron chi connectivity index (χ4n) is 3.85. The van der Waals surface area contributed by atoms with Gasteiger partial charge in [0.2, 0.25) is 5.91 Å². The molecule has 15 heteroatoms. The van der Waals surface area contributed by atoms with E-state index in [4.69, 9.17) is 18.9 Å². The number of halogens is 6. The highest BCUT2D eigenvalue weighted by Gasteiger charge is 2.43. The number of carbonyl (C=O) groups excluding carboxylic acids is 3. The van der Waals surface area contributed by atoms with Gasteiger partial charge in [0.25, 0.3) is 0 Å². The summed E-state index contributed by atoms with van der Waals surface area (Å²) < 4.78 is 99.8. The van der Waals surface area contributed by atoms with Gasteiger partial charge >= 0.3 is 24.3 Å². The van der Waals surface area contributed by atoms with Crippen LogP contribution in [0.4, 0.5) is 32.0 Å². The molecular formula is C26H36F6N2O7. The molecular weight excluding hydrogens is 566 g/mol. The lowest BCUT2D eigenvalue weighted by Gasteiger charge is -2.33. The summed E-state index contributed by atoms with van der Waals surface area (Å²) in [6.45, 7) is 6.06. The van der Waals surface area contributed by atoms with E-state index in [9.17, 15) is 40.7 Å². The Labute approximate surface area is 234 Å². The summed E-state index contributed by atoms with van der Waals surface area (Å²) in [7, 11) is 3.62. The largest absolute Gasteiger partial charge is 0.467 e. The van der Waals surface area contributed by atoms with Crippen molar-refractivity contribution < 1.29 is 59.7 Å². The van der Waals surface area contributed by atoms with Gasteiger partial charge < -0.3 is 29.2 Å². The smallest absolute Gasteiger partial charge is 0.417 e. The van der Waals surface area contributed by atoms with Gasteiger partial charge in [-0.3, -0.25) is 9.59 Å².